The van der Waals surface area contributed by atoms with E-state index in [0.29, 0.717) is 13.0 Å². The molecule has 2 rings (SSSR count). The number of nitrogens with zero attached hydrogens (tertiary/aromatic N) is 2. The molecule has 1 saturated heterocycles. The van der Waals surface area contributed by atoms with E-state index in [4.69, 9.17) is 0 Å². The maximum Gasteiger partial charge on any atom is 0.222 e. The number of aromatic nitrogens is 1. The van der Waals surface area contributed by atoms with Crippen molar-refractivity contribution in [2.45, 2.75) is 52.0 Å². The SMILES string of the molecule is CCCNc1ccc(CN2CCCCCCC2=O)cn1. The molecule has 1 aromatic heterocycles. The molecule has 1 N–H and O–H groups in total. The first-order chi connectivity index (χ1) is 9.79. The van der Waals surface area contributed by atoms with E-state index >= 15 is 0 Å². The molecule has 1 fully saturated rings. The molecule has 0 saturated carbocycles. The molecule has 0 atom stereocenters. The minimum absolute atomic E-state index is 0.290. The number of carbonyl (C=O) groups excluding carboxylic acids is 1. The highest BCUT2D eigenvalue weighted by atomic mass is 16.2. The monoisotopic (exact) mass is 275 g/mol. The van der Waals surface area contributed by atoms with Gasteiger partial charge in [-0.3, -0.25) is 4.79 Å². The van der Waals surface area contributed by atoms with Crippen LogP contribution in [0.2, 0.25) is 0 Å². The average Bonchev–Trinajstić information content (AvgIpc) is 2.46. The van der Waals surface area contributed by atoms with Crippen molar-refractivity contribution in [2.75, 3.05) is 18.4 Å². The summed E-state index contributed by atoms with van der Waals surface area (Å²) in [6, 6.07) is 4.07. The summed E-state index contributed by atoms with van der Waals surface area (Å²) in [5.41, 5.74) is 1.11. The van der Waals surface area contributed by atoms with E-state index in [-0.39, 0.29) is 5.91 Å². The fourth-order valence-electron chi connectivity index (χ4n) is 2.48. The van der Waals surface area contributed by atoms with Crippen LogP contribution in [0.4, 0.5) is 5.82 Å². The van der Waals surface area contributed by atoms with Gasteiger partial charge in [-0.15, -0.1) is 0 Å². The third kappa shape index (κ3) is 4.51. The maximum atomic E-state index is 12.1. The highest BCUT2D eigenvalue weighted by Crippen LogP contribution is 2.15. The van der Waals surface area contributed by atoms with Gasteiger partial charge in [-0.25, -0.2) is 4.98 Å². The number of amides is 1. The molecule has 110 valence electrons. The number of nitrogens with one attached hydrogen (secondary N) is 1. The van der Waals surface area contributed by atoms with Crippen LogP contribution in [-0.2, 0) is 11.3 Å². The van der Waals surface area contributed by atoms with Crippen LogP contribution in [0.3, 0.4) is 0 Å². The van der Waals surface area contributed by atoms with Crippen LogP contribution in [0.1, 0.15) is 51.0 Å². The molecule has 0 aromatic carbocycles. The Kier molecular flexibility index (Phi) is 5.84. The van der Waals surface area contributed by atoms with Gasteiger partial charge in [0.2, 0.25) is 5.91 Å². The van der Waals surface area contributed by atoms with Gasteiger partial charge in [0.05, 0.1) is 0 Å². The average molecular weight is 275 g/mol. The molecular formula is C16H25N3O. The maximum absolute atomic E-state index is 12.1. The summed E-state index contributed by atoms with van der Waals surface area (Å²) in [5.74, 6) is 1.20. The van der Waals surface area contributed by atoms with Gasteiger partial charge in [-0.05, 0) is 30.9 Å². The molecule has 1 amide bonds. The molecule has 4 heteroatoms. The second-order valence-corrected chi connectivity index (χ2v) is 5.46. The lowest BCUT2D eigenvalue weighted by molar-refractivity contribution is -0.132. The molecule has 1 aliphatic heterocycles. The van der Waals surface area contributed by atoms with Gasteiger partial charge in [0, 0.05) is 32.3 Å². The third-order valence-electron chi connectivity index (χ3n) is 3.68. The number of hydrogen-bond donors (Lipinski definition) is 1. The summed E-state index contributed by atoms with van der Waals surface area (Å²) in [5, 5.41) is 3.26. The van der Waals surface area contributed by atoms with E-state index in [0.717, 1.165) is 43.7 Å². The molecule has 0 unspecified atom stereocenters. The van der Waals surface area contributed by atoms with Crippen LogP contribution in [0.15, 0.2) is 18.3 Å². The first kappa shape index (κ1) is 14.8. The Balaban J connectivity index is 1.92. The Hall–Kier alpha value is -1.58. The van der Waals surface area contributed by atoms with Gasteiger partial charge in [0.25, 0.3) is 0 Å². The predicted octanol–water partition coefficient (Wildman–Crippen LogP) is 3.20. The Morgan fingerprint density at radius 2 is 2.10 bits per heavy atom. The van der Waals surface area contributed by atoms with E-state index in [1.165, 1.54) is 12.8 Å². The second kappa shape index (κ2) is 7.88. The van der Waals surface area contributed by atoms with Gasteiger partial charge in [-0.2, -0.15) is 0 Å². The first-order valence-electron chi connectivity index (χ1n) is 7.76. The van der Waals surface area contributed by atoms with Crippen molar-refractivity contribution in [3.05, 3.63) is 23.9 Å². The zero-order valence-electron chi connectivity index (χ0n) is 12.4. The Morgan fingerprint density at radius 3 is 2.85 bits per heavy atom. The van der Waals surface area contributed by atoms with Crippen LogP contribution in [0.5, 0.6) is 0 Å². The fourth-order valence-corrected chi connectivity index (χ4v) is 2.48. The minimum Gasteiger partial charge on any atom is -0.370 e. The van der Waals surface area contributed by atoms with E-state index in [1.807, 2.05) is 17.2 Å². The summed E-state index contributed by atoms with van der Waals surface area (Å²) in [7, 11) is 0. The standard InChI is InChI=1S/C16H25N3O/c1-2-10-17-15-9-8-14(12-18-15)13-19-11-6-4-3-5-7-16(19)20/h8-9,12H,2-7,10-11,13H2,1H3,(H,17,18). The minimum atomic E-state index is 0.290. The van der Waals surface area contributed by atoms with E-state index in [2.05, 4.69) is 23.3 Å². The predicted molar refractivity (Wildman–Crippen MR) is 81.5 cm³/mol. The van der Waals surface area contributed by atoms with Crippen LogP contribution < -0.4 is 5.32 Å². The summed E-state index contributed by atoms with van der Waals surface area (Å²) in [4.78, 5) is 18.5. The lowest BCUT2D eigenvalue weighted by atomic mass is 10.1. The van der Waals surface area contributed by atoms with Crippen LogP contribution in [-0.4, -0.2) is 28.9 Å². The molecule has 0 radical (unpaired) electrons. The van der Waals surface area contributed by atoms with Crippen LogP contribution in [0.25, 0.3) is 0 Å². The highest BCUT2D eigenvalue weighted by molar-refractivity contribution is 5.76. The number of likely N-dealkylation sites (tertiary alicyclic amines) is 1. The normalized spacial score (nSPS) is 16.6. The summed E-state index contributed by atoms with van der Waals surface area (Å²) >= 11 is 0. The molecular weight excluding hydrogens is 250 g/mol. The fraction of sp³-hybridized carbons (Fsp3) is 0.625. The molecule has 0 spiro atoms. The number of anilines is 1. The van der Waals surface area contributed by atoms with Gasteiger partial charge in [0.15, 0.2) is 0 Å². The van der Waals surface area contributed by atoms with Crippen molar-refractivity contribution in [1.82, 2.24) is 9.88 Å². The van der Waals surface area contributed by atoms with Gasteiger partial charge in [0.1, 0.15) is 5.82 Å². The van der Waals surface area contributed by atoms with E-state index < -0.39 is 0 Å². The molecule has 1 aromatic rings. The first-order valence-corrected chi connectivity index (χ1v) is 7.76. The summed E-state index contributed by atoms with van der Waals surface area (Å²) in [6.07, 6.45) is 8.25. The van der Waals surface area contributed by atoms with Crippen molar-refractivity contribution >= 4 is 11.7 Å². The van der Waals surface area contributed by atoms with E-state index in [1.54, 1.807) is 0 Å². The Morgan fingerprint density at radius 1 is 1.25 bits per heavy atom. The van der Waals surface area contributed by atoms with Gasteiger partial charge < -0.3 is 10.2 Å². The quantitative estimate of drug-likeness (QED) is 0.897. The summed E-state index contributed by atoms with van der Waals surface area (Å²) in [6.45, 7) is 4.65. The number of pyridine rings is 1. The van der Waals surface area contributed by atoms with Gasteiger partial charge in [-0.1, -0.05) is 25.8 Å². The molecule has 0 bridgehead atoms. The van der Waals surface area contributed by atoms with Crippen molar-refractivity contribution in [1.29, 1.82) is 0 Å². The number of rotatable bonds is 5. The van der Waals surface area contributed by atoms with E-state index in [9.17, 15) is 4.79 Å². The highest BCUT2D eigenvalue weighted by Gasteiger charge is 2.15. The molecule has 2 heterocycles. The molecule has 1 aliphatic rings. The van der Waals surface area contributed by atoms with Crippen molar-refractivity contribution in [2.24, 2.45) is 0 Å². The lowest BCUT2D eigenvalue weighted by Crippen LogP contribution is -2.32. The topological polar surface area (TPSA) is 45.2 Å². The Bertz CT molecular complexity index is 416. The second-order valence-electron chi connectivity index (χ2n) is 5.46. The Labute approximate surface area is 121 Å². The summed E-state index contributed by atoms with van der Waals surface area (Å²) < 4.78 is 0. The largest absolute Gasteiger partial charge is 0.370 e. The van der Waals surface area contributed by atoms with Crippen molar-refractivity contribution in [3.8, 4) is 0 Å². The smallest absolute Gasteiger partial charge is 0.222 e. The number of carbonyl (C=O) groups is 1. The number of hydrogen-bond acceptors (Lipinski definition) is 3. The van der Waals surface area contributed by atoms with Crippen molar-refractivity contribution < 1.29 is 4.79 Å². The third-order valence-corrected chi connectivity index (χ3v) is 3.68. The van der Waals surface area contributed by atoms with Crippen LogP contribution >= 0.6 is 0 Å². The zero-order valence-corrected chi connectivity index (χ0v) is 12.4. The zero-order chi connectivity index (χ0) is 14.2. The molecule has 4 nitrogen and oxygen atoms in total. The van der Waals surface area contributed by atoms with Crippen molar-refractivity contribution in [3.63, 3.8) is 0 Å². The van der Waals surface area contributed by atoms with Gasteiger partial charge >= 0.3 is 0 Å². The lowest BCUT2D eigenvalue weighted by Gasteiger charge is -2.24. The molecule has 20 heavy (non-hydrogen) atoms. The molecule has 0 aliphatic carbocycles. The van der Waals surface area contributed by atoms with Crippen LogP contribution in [0, 0.1) is 0 Å².